The number of methoxy groups -OCH3 is 1. The fourth-order valence-electron chi connectivity index (χ4n) is 2.92. The molecule has 0 aliphatic carbocycles. The van der Waals surface area contributed by atoms with Crippen LogP contribution in [0.25, 0.3) is 10.8 Å². The van der Waals surface area contributed by atoms with Gasteiger partial charge >= 0.3 is 0 Å². The van der Waals surface area contributed by atoms with Crippen LogP contribution in [-0.2, 0) is 10.0 Å². The standard InChI is InChI=1S/C20H20ClNO4S/c1-26-20-10-9-15(13-18(20)21)27(24,25)22-12-11-19(23)17-8-4-6-14-5-2-3-7-16(14)17/h2-10,13,19,22-23H,11-12H2,1H3. The van der Waals surface area contributed by atoms with Gasteiger partial charge in [-0.2, -0.15) is 0 Å². The zero-order valence-electron chi connectivity index (χ0n) is 14.7. The maximum atomic E-state index is 12.4. The number of halogens is 1. The van der Waals surface area contributed by atoms with Gasteiger partial charge in [-0.25, -0.2) is 13.1 Å². The lowest BCUT2D eigenvalue weighted by Crippen LogP contribution is -2.26. The van der Waals surface area contributed by atoms with Crippen molar-refractivity contribution < 1.29 is 18.3 Å². The number of ether oxygens (including phenoxy) is 1. The molecule has 0 saturated heterocycles. The largest absolute Gasteiger partial charge is 0.495 e. The number of benzene rings is 3. The van der Waals surface area contributed by atoms with Crippen LogP contribution in [0, 0.1) is 0 Å². The normalized spacial score (nSPS) is 12.9. The van der Waals surface area contributed by atoms with Gasteiger partial charge in [0.25, 0.3) is 0 Å². The van der Waals surface area contributed by atoms with Gasteiger partial charge in [-0.05, 0) is 41.0 Å². The predicted molar refractivity (Wildman–Crippen MR) is 107 cm³/mol. The molecule has 3 rings (SSSR count). The highest BCUT2D eigenvalue weighted by atomic mass is 35.5. The van der Waals surface area contributed by atoms with Gasteiger partial charge in [-0.1, -0.05) is 54.1 Å². The summed E-state index contributed by atoms with van der Waals surface area (Å²) in [5, 5.41) is 12.7. The Hall–Kier alpha value is -2.12. The summed E-state index contributed by atoms with van der Waals surface area (Å²) in [7, 11) is -2.27. The molecule has 0 bridgehead atoms. The molecule has 3 aromatic rings. The second-order valence-corrected chi connectivity index (χ2v) is 8.24. The number of hydrogen-bond acceptors (Lipinski definition) is 4. The molecular weight excluding hydrogens is 386 g/mol. The van der Waals surface area contributed by atoms with E-state index in [1.807, 2.05) is 42.5 Å². The van der Waals surface area contributed by atoms with Crippen LogP contribution in [0.3, 0.4) is 0 Å². The van der Waals surface area contributed by atoms with Crippen molar-refractivity contribution >= 4 is 32.4 Å². The Balaban J connectivity index is 1.69. The second kappa shape index (κ2) is 8.27. The number of fused-ring (bicyclic) bond motifs is 1. The van der Waals surface area contributed by atoms with Crippen molar-refractivity contribution in [3.63, 3.8) is 0 Å². The molecule has 0 spiro atoms. The molecule has 0 aliphatic heterocycles. The summed E-state index contributed by atoms with van der Waals surface area (Å²) < 4.78 is 32.4. The van der Waals surface area contributed by atoms with E-state index < -0.39 is 16.1 Å². The van der Waals surface area contributed by atoms with Gasteiger partial charge in [0.15, 0.2) is 0 Å². The Morgan fingerprint density at radius 2 is 1.85 bits per heavy atom. The number of rotatable bonds is 7. The first-order chi connectivity index (χ1) is 12.9. The van der Waals surface area contributed by atoms with Crippen molar-refractivity contribution in [3.05, 3.63) is 71.2 Å². The molecule has 0 radical (unpaired) electrons. The average Bonchev–Trinajstić information content (AvgIpc) is 2.67. The topological polar surface area (TPSA) is 75.6 Å². The highest BCUT2D eigenvalue weighted by Gasteiger charge is 2.17. The third-order valence-corrected chi connectivity index (χ3v) is 6.08. The minimum absolute atomic E-state index is 0.0490. The highest BCUT2D eigenvalue weighted by Crippen LogP contribution is 2.28. The Morgan fingerprint density at radius 1 is 1.11 bits per heavy atom. The first-order valence-corrected chi connectivity index (χ1v) is 10.3. The van der Waals surface area contributed by atoms with Crippen molar-refractivity contribution in [1.82, 2.24) is 4.72 Å². The minimum atomic E-state index is -3.73. The van der Waals surface area contributed by atoms with Crippen LogP contribution in [0.15, 0.2) is 65.6 Å². The molecule has 0 aliphatic rings. The van der Waals surface area contributed by atoms with E-state index in [1.165, 1.54) is 25.3 Å². The van der Waals surface area contributed by atoms with E-state index in [1.54, 1.807) is 0 Å². The van der Waals surface area contributed by atoms with Crippen molar-refractivity contribution in [2.75, 3.05) is 13.7 Å². The van der Waals surface area contributed by atoms with Gasteiger partial charge < -0.3 is 9.84 Å². The van der Waals surface area contributed by atoms with Crippen LogP contribution in [0.4, 0.5) is 0 Å². The van der Waals surface area contributed by atoms with Crippen molar-refractivity contribution in [1.29, 1.82) is 0 Å². The van der Waals surface area contributed by atoms with Gasteiger partial charge in [0.05, 0.1) is 23.1 Å². The number of nitrogens with one attached hydrogen (secondary N) is 1. The lowest BCUT2D eigenvalue weighted by molar-refractivity contribution is 0.170. The second-order valence-electron chi connectivity index (χ2n) is 6.07. The van der Waals surface area contributed by atoms with E-state index in [9.17, 15) is 13.5 Å². The quantitative estimate of drug-likeness (QED) is 0.625. The predicted octanol–water partition coefficient (Wildman–Crippen LogP) is 3.90. The van der Waals surface area contributed by atoms with Crippen molar-refractivity contribution in [3.8, 4) is 5.75 Å². The molecule has 0 fully saturated rings. The molecule has 7 heteroatoms. The minimum Gasteiger partial charge on any atom is -0.495 e. The van der Waals surface area contributed by atoms with Crippen LogP contribution in [0.2, 0.25) is 5.02 Å². The Bertz CT molecular complexity index is 1050. The molecule has 0 amide bonds. The first kappa shape index (κ1) is 19.6. The van der Waals surface area contributed by atoms with Gasteiger partial charge in [0.1, 0.15) is 5.75 Å². The van der Waals surface area contributed by atoms with E-state index in [2.05, 4.69) is 4.72 Å². The van der Waals surface area contributed by atoms with Gasteiger partial charge in [0, 0.05) is 6.54 Å². The third-order valence-electron chi connectivity index (χ3n) is 4.33. The van der Waals surface area contributed by atoms with Crippen LogP contribution in [-0.4, -0.2) is 27.2 Å². The third kappa shape index (κ3) is 4.42. The number of hydrogen-bond donors (Lipinski definition) is 2. The molecule has 5 nitrogen and oxygen atoms in total. The first-order valence-electron chi connectivity index (χ1n) is 8.41. The zero-order valence-corrected chi connectivity index (χ0v) is 16.3. The summed E-state index contributed by atoms with van der Waals surface area (Å²) in [6.07, 6.45) is -0.532. The summed E-state index contributed by atoms with van der Waals surface area (Å²) in [6.45, 7) is 0.0936. The van der Waals surface area contributed by atoms with Gasteiger partial charge in [-0.3, -0.25) is 0 Å². The van der Waals surface area contributed by atoms with E-state index >= 15 is 0 Å². The van der Waals surface area contributed by atoms with Gasteiger partial charge in [-0.15, -0.1) is 0 Å². The summed E-state index contributed by atoms with van der Waals surface area (Å²) in [5.74, 6) is 0.405. The van der Waals surface area contributed by atoms with Crippen LogP contribution in [0.1, 0.15) is 18.1 Å². The Kier molecular flexibility index (Phi) is 6.01. The molecular formula is C20H20ClNO4S. The van der Waals surface area contributed by atoms with Crippen LogP contribution < -0.4 is 9.46 Å². The monoisotopic (exact) mass is 405 g/mol. The molecule has 3 aromatic carbocycles. The van der Waals surface area contributed by atoms with Crippen molar-refractivity contribution in [2.45, 2.75) is 17.4 Å². The fourth-order valence-corrected chi connectivity index (χ4v) is 4.32. The van der Waals surface area contributed by atoms with Crippen molar-refractivity contribution in [2.24, 2.45) is 0 Å². The van der Waals surface area contributed by atoms with E-state index in [4.69, 9.17) is 16.3 Å². The molecule has 0 heterocycles. The molecule has 142 valence electrons. The molecule has 0 aromatic heterocycles. The fraction of sp³-hybridized carbons (Fsp3) is 0.200. The van der Waals surface area contributed by atoms with E-state index in [-0.39, 0.29) is 22.9 Å². The van der Waals surface area contributed by atoms with Crippen LogP contribution in [0.5, 0.6) is 5.75 Å². The molecule has 0 saturated carbocycles. The SMILES string of the molecule is COc1ccc(S(=O)(=O)NCCC(O)c2cccc3ccccc23)cc1Cl. The van der Waals surface area contributed by atoms with Crippen LogP contribution >= 0.6 is 11.6 Å². The van der Waals surface area contributed by atoms with E-state index in [0.717, 1.165) is 16.3 Å². The average molecular weight is 406 g/mol. The summed E-state index contributed by atoms with van der Waals surface area (Å²) in [4.78, 5) is 0.0490. The maximum Gasteiger partial charge on any atom is 0.240 e. The van der Waals surface area contributed by atoms with E-state index in [0.29, 0.717) is 5.75 Å². The smallest absolute Gasteiger partial charge is 0.240 e. The molecule has 1 atom stereocenters. The maximum absolute atomic E-state index is 12.4. The number of aliphatic hydroxyl groups excluding tert-OH is 1. The Morgan fingerprint density at radius 3 is 2.59 bits per heavy atom. The summed E-state index contributed by atoms with van der Waals surface area (Å²) >= 11 is 6.00. The summed E-state index contributed by atoms with van der Waals surface area (Å²) in [5.41, 5.74) is 0.778. The summed E-state index contributed by atoms with van der Waals surface area (Å²) in [6, 6.07) is 17.7. The number of sulfonamides is 1. The number of aliphatic hydroxyl groups is 1. The lowest BCUT2D eigenvalue weighted by atomic mass is 9.99. The molecule has 27 heavy (non-hydrogen) atoms. The van der Waals surface area contributed by atoms with Gasteiger partial charge in [0.2, 0.25) is 10.0 Å². The molecule has 1 unspecified atom stereocenters. The zero-order chi connectivity index (χ0) is 19.4. The highest BCUT2D eigenvalue weighted by molar-refractivity contribution is 7.89. The Labute approximate surface area is 163 Å². The molecule has 2 N–H and O–H groups in total. The lowest BCUT2D eigenvalue weighted by Gasteiger charge is -2.14.